The molecule has 0 aromatic heterocycles. The molecular formula is C12H20. The molecule has 0 spiro atoms. The molecule has 0 amide bonds. The molecule has 0 aliphatic heterocycles. The van der Waals surface area contributed by atoms with E-state index in [0.29, 0.717) is 5.41 Å². The molecule has 0 heterocycles. The Bertz CT molecular complexity index is 210. The van der Waals surface area contributed by atoms with Crippen molar-refractivity contribution in [1.29, 1.82) is 0 Å². The summed E-state index contributed by atoms with van der Waals surface area (Å²) >= 11 is 0. The van der Waals surface area contributed by atoms with Crippen LogP contribution in [0, 0.1) is 17.3 Å². The number of fused-ring (bicyclic) bond motifs is 1. The highest BCUT2D eigenvalue weighted by molar-refractivity contribution is 5.22. The van der Waals surface area contributed by atoms with Crippen LogP contribution in [0.15, 0.2) is 11.6 Å². The molecule has 12 heavy (non-hydrogen) atoms. The minimum atomic E-state index is 0.638. The van der Waals surface area contributed by atoms with Gasteiger partial charge in [-0.2, -0.15) is 0 Å². The van der Waals surface area contributed by atoms with Crippen LogP contribution in [-0.4, -0.2) is 0 Å². The topological polar surface area (TPSA) is 0 Å². The van der Waals surface area contributed by atoms with Crippen molar-refractivity contribution in [2.75, 3.05) is 0 Å². The first-order valence-electron chi connectivity index (χ1n) is 5.35. The smallest absolute Gasteiger partial charge is 0.0146 e. The van der Waals surface area contributed by atoms with E-state index in [-0.39, 0.29) is 0 Å². The van der Waals surface area contributed by atoms with Crippen molar-refractivity contribution < 1.29 is 0 Å². The number of rotatable bonds is 2. The van der Waals surface area contributed by atoms with E-state index in [0.717, 1.165) is 11.8 Å². The summed E-state index contributed by atoms with van der Waals surface area (Å²) in [4.78, 5) is 0. The molecule has 0 radical (unpaired) electrons. The summed E-state index contributed by atoms with van der Waals surface area (Å²) in [6.07, 6.45) is 8.04. The van der Waals surface area contributed by atoms with E-state index in [2.05, 4.69) is 26.8 Å². The molecule has 3 aliphatic rings. The fourth-order valence-electron chi connectivity index (χ4n) is 3.05. The SMILES string of the molecule is CCCC1=CCC2CC1C2(C)C. The van der Waals surface area contributed by atoms with Gasteiger partial charge >= 0.3 is 0 Å². The second-order valence-electron chi connectivity index (χ2n) is 5.07. The van der Waals surface area contributed by atoms with Gasteiger partial charge in [-0.05, 0) is 36.5 Å². The zero-order chi connectivity index (χ0) is 8.77. The van der Waals surface area contributed by atoms with Crippen molar-refractivity contribution in [1.82, 2.24) is 0 Å². The van der Waals surface area contributed by atoms with E-state index in [9.17, 15) is 0 Å². The van der Waals surface area contributed by atoms with E-state index < -0.39 is 0 Å². The third-order valence-corrected chi connectivity index (χ3v) is 4.12. The maximum atomic E-state index is 2.52. The Balaban J connectivity index is 2.13. The van der Waals surface area contributed by atoms with Gasteiger partial charge in [-0.3, -0.25) is 0 Å². The average Bonchev–Trinajstić information content (AvgIpc) is 2.05. The number of allylic oxidation sites excluding steroid dienone is 2. The Morgan fingerprint density at radius 1 is 1.50 bits per heavy atom. The zero-order valence-electron chi connectivity index (χ0n) is 8.56. The van der Waals surface area contributed by atoms with Crippen LogP contribution in [0.4, 0.5) is 0 Å². The Kier molecular flexibility index (Phi) is 1.82. The van der Waals surface area contributed by atoms with E-state index in [4.69, 9.17) is 0 Å². The van der Waals surface area contributed by atoms with Crippen LogP contribution >= 0.6 is 0 Å². The van der Waals surface area contributed by atoms with Crippen LogP contribution in [0.1, 0.15) is 46.5 Å². The molecule has 1 saturated carbocycles. The van der Waals surface area contributed by atoms with Crippen molar-refractivity contribution in [3.05, 3.63) is 11.6 Å². The highest BCUT2D eigenvalue weighted by atomic mass is 14.5. The van der Waals surface area contributed by atoms with Gasteiger partial charge in [0.05, 0.1) is 0 Å². The van der Waals surface area contributed by atoms with Crippen molar-refractivity contribution >= 4 is 0 Å². The minimum absolute atomic E-state index is 0.638. The van der Waals surface area contributed by atoms with Crippen LogP contribution in [0.2, 0.25) is 0 Å². The van der Waals surface area contributed by atoms with E-state index in [1.807, 2.05) is 0 Å². The molecule has 0 heteroatoms. The lowest BCUT2D eigenvalue weighted by Gasteiger charge is -2.56. The third-order valence-electron chi connectivity index (χ3n) is 4.12. The molecule has 3 rings (SSSR count). The van der Waals surface area contributed by atoms with Gasteiger partial charge in [-0.15, -0.1) is 0 Å². The molecule has 0 N–H and O–H groups in total. The Labute approximate surface area is 76.1 Å². The predicted octanol–water partition coefficient (Wildman–Crippen LogP) is 3.78. The van der Waals surface area contributed by atoms with Gasteiger partial charge in [0.15, 0.2) is 0 Å². The van der Waals surface area contributed by atoms with Crippen molar-refractivity contribution in [2.45, 2.75) is 46.5 Å². The lowest BCUT2D eigenvalue weighted by Crippen LogP contribution is -2.47. The molecule has 0 aromatic rings. The first-order chi connectivity index (χ1) is 5.66. The highest BCUT2D eigenvalue weighted by Crippen LogP contribution is 2.59. The Morgan fingerprint density at radius 2 is 2.25 bits per heavy atom. The second kappa shape index (κ2) is 2.61. The van der Waals surface area contributed by atoms with E-state index in [1.54, 1.807) is 5.57 Å². The lowest BCUT2D eigenvalue weighted by atomic mass is 9.48. The number of hydrogen-bond donors (Lipinski definition) is 0. The molecule has 0 nitrogen and oxygen atoms in total. The minimum Gasteiger partial charge on any atom is -0.0847 e. The van der Waals surface area contributed by atoms with E-state index in [1.165, 1.54) is 25.7 Å². The summed E-state index contributed by atoms with van der Waals surface area (Å²) < 4.78 is 0. The van der Waals surface area contributed by atoms with Gasteiger partial charge in [0.2, 0.25) is 0 Å². The molecule has 2 atom stereocenters. The highest BCUT2D eigenvalue weighted by Gasteiger charge is 2.50. The summed E-state index contributed by atoms with van der Waals surface area (Å²) in [5.41, 5.74) is 2.41. The standard InChI is InChI=1S/C12H20/c1-4-5-9-6-7-10-8-11(9)12(10,2)3/h6,10-11H,4-5,7-8H2,1-3H3. The molecule has 2 unspecified atom stereocenters. The lowest BCUT2D eigenvalue weighted by molar-refractivity contribution is -0.00824. The fourth-order valence-corrected chi connectivity index (χ4v) is 3.05. The second-order valence-corrected chi connectivity index (χ2v) is 5.07. The first-order valence-corrected chi connectivity index (χ1v) is 5.35. The third kappa shape index (κ3) is 0.967. The molecule has 2 bridgehead atoms. The number of hydrogen-bond acceptors (Lipinski definition) is 0. The van der Waals surface area contributed by atoms with Crippen molar-refractivity contribution in [3.8, 4) is 0 Å². The van der Waals surface area contributed by atoms with Crippen LogP contribution < -0.4 is 0 Å². The van der Waals surface area contributed by atoms with Gasteiger partial charge in [0.25, 0.3) is 0 Å². The van der Waals surface area contributed by atoms with Crippen molar-refractivity contribution in [3.63, 3.8) is 0 Å². The summed E-state index contributed by atoms with van der Waals surface area (Å²) in [6, 6.07) is 0. The largest absolute Gasteiger partial charge is 0.0847 e. The summed E-state index contributed by atoms with van der Waals surface area (Å²) in [6.45, 7) is 7.20. The molecule has 68 valence electrons. The first kappa shape index (κ1) is 8.34. The normalized spacial score (nSPS) is 37.1. The van der Waals surface area contributed by atoms with Crippen molar-refractivity contribution in [2.24, 2.45) is 17.3 Å². The molecular weight excluding hydrogens is 144 g/mol. The summed E-state index contributed by atoms with van der Waals surface area (Å²) in [7, 11) is 0. The summed E-state index contributed by atoms with van der Waals surface area (Å²) in [5, 5.41) is 0. The van der Waals surface area contributed by atoms with E-state index >= 15 is 0 Å². The molecule has 1 fully saturated rings. The van der Waals surface area contributed by atoms with Gasteiger partial charge in [-0.1, -0.05) is 38.8 Å². The maximum absolute atomic E-state index is 2.52. The van der Waals surface area contributed by atoms with Gasteiger partial charge in [0.1, 0.15) is 0 Å². The summed E-state index contributed by atoms with van der Waals surface area (Å²) in [5.74, 6) is 1.94. The average molecular weight is 164 g/mol. The van der Waals surface area contributed by atoms with Crippen LogP contribution in [0.3, 0.4) is 0 Å². The molecule has 0 saturated heterocycles. The Hall–Kier alpha value is -0.260. The Morgan fingerprint density at radius 3 is 2.75 bits per heavy atom. The van der Waals surface area contributed by atoms with Gasteiger partial charge < -0.3 is 0 Å². The zero-order valence-corrected chi connectivity index (χ0v) is 8.56. The monoisotopic (exact) mass is 164 g/mol. The maximum Gasteiger partial charge on any atom is -0.0146 e. The molecule has 3 aliphatic carbocycles. The predicted molar refractivity (Wildman–Crippen MR) is 53.0 cm³/mol. The quantitative estimate of drug-likeness (QED) is 0.545. The van der Waals surface area contributed by atoms with Gasteiger partial charge in [-0.25, -0.2) is 0 Å². The van der Waals surface area contributed by atoms with Crippen LogP contribution in [-0.2, 0) is 0 Å². The van der Waals surface area contributed by atoms with Crippen LogP contribution in [0.5, 0.6) is 0 Å². The van der Waals surface area contributed by atoms with Gasteiger partial charge in [0, 0.05) is 0 Å². The van der Waals surface area contributed by atoms with Crippen LogP contribution in [0.25, 0.3) is 0 Å². The molecule has 0 aromatic carbocycles. The fraction of sp³-hybridized carbons (Fsp3) is 0.833.